The number of rotatable bonds is 6. The number of carbonyl (C=O) groups excluding carboxylic acids is 1. The molecule has 1 aliphatic carbocycles. The van der Waals surface area contributed by atoms with Crippen molar-refractivity contribution >= 4 is 40.7 Å². The van der Waals surface area contributed by atoms with Crippen LogP contribution in [-0.4, -0.2) is 44.9 Å². The molecule has 2 unspecified atom stereocenters. The van der Waals surface area contributed by atoms with Gasteiger partial charge in [-0.2, -0.15) is 0 Å². The third-order valence-electron chi connectivity index (χ3n) is 5.50. The Kier molecular flexibility index (Phi) is 5.17. The number of fused-ring (bicyclic) bond motifs is 1. The van der Waals surface area contributed by atoms with Gasteiger partial charge < -0.3 is 21.0 Å². The Labute approximate surface area is 167 Å². The Morgan fingerprint density at radius 3 is 2.86 bits per heavy atom. The quantitative estimate of drug-likeness (QED) is 0.647. The van der Waals surface area contributed by atoms with Crippen LogP contribution in [0, 0.1) is 10.8 Å². The molecule has 0 saturated heterocycles. The predicted octanol–water partition coefficient (Wildman–Crippen LogP) is 3.21. The standard InChI is InChI=1S/C19H23N7OS/c1-2-15-19(27)24-13-8-22-17(12(7-20)16(21)14-9-28-10-23-14)25-18(13)26(15)11-5-3-4-6-11/h7-12,15,20-21H,2-6H2,1H3,(H,24,27). The Morgan fingerprint density at radius 2 is 2.21 bits per heavy atom. The van der Waals surface area contributed by atoms with Gasteiger partial charge in [-0.05, 0) is 19.3 Å². The second-order valence-electron chi connectivity index (χ2n) is 7.16. The van der Waals surface area contributed by atoms with Crippen molar-refractivity contribution in [2.45, 2.75) is 57.0 Å². The van der Waals surface area contributed by atoms with Gasteiger partial charge in [-0.15, -0.1) is 11.3 Å². The molecule has 3 N–H and O–H groups in total. The first-order valence-corrected chi connectivity index (χ1v) is 10.5. The maximum Gasteiger partial charge on any atom is 0.247 e. The molecule has 1 fully saturated rings. The molecule has 2 aromatic rings. The number of anilines is 2. The SMILES string of the molecule is CCC1C(=O)Nc2cnc(C(C=N)C(=N)c3cscn3)nc2N1C1CCCC1. The molecule has 0 spiro atoms. The van der Waals surface area contributed by atoms with E-state index in [1.165, 1.54) is 17.6 Å². The van der Waals surface area contributed by atoms with Gasteiger partial charge in [-0.3, -0.25) is 4.79 Å². The van der Waals surface area contributed by atoms with Crippen molar-refractivity contribution in [2.75, 3.05) is 10.2 Å². The maximum atomic E-state index is 12.6. The van der Waals surface area contributed by atoms with Crippen LogP contribution in [0.25, 0.3) is 0 Å². The fraction of sp³-hybridized carbons (Fsp3) is 0.474. The zero-order valence-electron chi connectivity index (χ0n) is 15.7. The molecule has 0 aromatic carbocycles. The minimum Gasteiger partial charge on any atom is -0.340 e. The third kappa shape index (κ3) is 3.19. The lowest BCUT2D eigenvalue weighted by atomic mass is 10.0. The fourth-order valence-electron chi connectivity index (χ4n) is 4.09. The molecule has 28 heavy (non-hydrogen) atoms. The first-order valence-electron chi connectivity index (χ1n) is 9.57. The summed E-state index contributed by atoms with van der Waals surface area (Å²) in [6, 6.07) is 0.0312. The summed E-state index contributed by atoms with van der Waals surface area (Å²) in [5, 5.41) is 21.0. The maximum absolute atomic E-state index is 12.6. The number of amides is 1. The molecule has 0 bridgehead atoms. The lowest BCUT2D eigenvalue weighted by Crippen LogP contribution is -2.52. The number of aromatic nitrogens is 3. The lowest BCUT2D eigenvalue weighted by Gasteiger charge is -2.40. The summed E-state index contributed by atoms with van der Waals surface area (Å²) in [4.78, 5) is 28.1. The molecule has 9 heteroatoms. The number of nitrogens with one attached hydrogen (secondary N) is 3. The summed E-state index contributed by atoms with van der Waals surface area (Å²) in [6.07, 6.45) is 7.89. The minimum atomic E-state index is -0.671. The second kappa shape index (κ2) is 7.75. The van der Waals surface area contributed by atoms with Crippen LogP contribution in [0.2, 0.25) is 0 Å². The second-order valence-corrected chi connectivity index (χ2v) is 7.87. The largest absolute Gasteiger partial charge is 0.340 e. The topological polar surface area (TPSA) is 119 Å². The van der Waals surface area contributed by atoms with Gasteiger partial charge in [0, 0.05) is 17.6 Å². The van der Waals surface area contributed by atoms with Crippen LogP contribution >= 0.6 is 11.3 Å². The third-order valence-corrected chi connectivity index (χ3v) is 6.08. The molecular formula is C19H23N7OS. The summed E-state index contributed by atoms with van der Waals surface area (Å²) in [5.74, 6) is 0.412. The van der Waals surface area contributed by atoms with Gasteiger partial charge in [0.1, 0.15) is 17.6 Å². The van der Waals surface area contributed by atoms with Crippen LogP contribution < -0.4 is 10.2 Å². The van der Waals surface area contributed by atoms with Crippen LogP contribution in [0.4, 0.5) is 11.5 Å². The van der Waals surface area contributed by atoms with E-state index in [1.807, 2.05) is 6.92 Å². The van der Waals surface area contributed by atoms with E-state index in [0.29, 0.717) is 29.4 Å². The molecule has 0 radical (unpaired) electrons. The predicted molar refractivity (Wildman–Crippen MR) is 110 cm³/mol. The Morgan fingerprint density at radius 1 is 1.43 bits per heavy atom. The number of thiazole rings is 1. The van der Waals surface area contributed by atoms with E-state index in [-0.39, 0.29) is 23.7 Å². The summed E-state index contributed by atoms with van der Waals surface area (Å²) < 4.78 is 0. The van der Waals surface area contributed by atoms with Crippen molar-refractivity contribution in [1.82, 2.24) is 15.0 Å². The van der Waals surface area contributed by atoms with Crippen molar-refractivity contribution in [1.29, 1.82) is 10.8 Å². The van der Waals surface area contributed by atoms with Gasteiger partial charge in [-0.25, -0.2) is 15.0 Å². The number of nitrogens with zero attached hydrogens (tertiary/aromatic N) is 4. The summed E-state index contributed by atoms with van der Waals surface area (Å²) in [7, 11) is 0. The Hall–Kier alpha value is -2.68. The Bertz CT molecular complexity index is 892. The monoisotopic (exact) mass is 397 g/mol. The molecule has 2 aromatic heterocycles. The van der Waals surface area contributed by atoms with Gasteiger partial charge in [0.05, 0.1) is 29.0 Å². The van der Waals surface area contributed by atoms with Crippen molar-refractivity contribution in [2.24, 2.45) is 0 Å². The van der Waals surface area contributed by atoms with Crippen molar-refractivity contribution in [3.63, 3.8) is 0 Å². The van der Waals surface area contributed by atoms with Crippen molar-refractivity contribution in [3.05, 3.63) is 28.6 Å². The van der Waals surface area contributed by atoms with E-state index in [9.17, 15) is 4.79 Å². The lowest BCUT2D eigenvalue weighted by molar-refractivity contribution is -0.117. The summed E-state index contributed by atoms with van der Waals surface area (Å²) in [5.41, 5.74) is 3.01. The van der Waals surface area contributed by atoms with E-state index >= 15 is 0 Å². The smallest absolute Gasteiger partial charge is 0.247 e. The van der Waals surface area contributed by atoms with Crippen LogP contribution in [0.3, 0.4) is 0 Å². The van der Waals surface area contributed by atoms with E-state index < -0.39 is 5.92 Å². The minimum absolute atomic E-state index is 0.0166. The number of carbonyl (C=O) groups is 1. The summed E-state index contributed by atoms with van der Waals surface area (Å²) >= 11 is 1.41. The highest BCUT2D eigenvalue weighted by Gasteiger charge is 2.39. The molecular weight excluding hydrogens is 374 g/mol. The average Bonchev–Trinajstić information content (AvgIpc) is 3.41. The highest BCUT2D eigenvalue weighted by Crippen LogP contribution is 2.37. The van der Waals surface area contributed by atoms with Crippen LogP contribution in [-0.2, 0) is 4.79 Å². The van der Waals surface area contributed by atoms with Crippen LogP contribution in [0.5, 0.6) is 0 Å². The first kappa shape index (κ1) is 18.7. The zero-order chi connectivity index (χ0) is 19.7. The Balaban J connectivity index is 1.75. The molecule has 2 aliphatic rings. The number of hydrogen-bond donors (Lipinski definition) is 3. The molecule has 146 valence electrons. The van der Waals surface area contributed by atoms with Gasteiger partial charge in [0.15, 0.2) is 5.82 Å². The van der Waals surface area contributed by atoms with Gasteiger partial charge in [0.2, 0.25) is 5.91 Å². The highest BCUT2D eigenvalue weighted by atomic mass is 32.1. The summed E-state index contributed by atoms with van der Waals surface area (Å²) in [6.45, 7) is 2.01. The van der Waals surface area contributed by atoms with Gasteiger partial charge in [-0.1, -0.05) is 19.8 Å². The van der Waals surface area contributed by atoms with E-state index in [0.717, 1.165) is 25.7 Å². The molecule has 1 saturated carbocycles. The zero-order valence-corrected chi connectivity index (χ0v) is 16.5. The molecule has 2 atom stereocenters. The molecule has 3 heterocycles. The van der Waals surface area contributed by atoms with Crippen LogP contribution in [0.1, 0.15) is 56.5 Å². The number of hydrogen-bond acceptors (Lipinski definition) is 8. The van der Waals surface area contributed by atoms with Crippen molar-refractivity contribution < 1.29 is 4.79 Å². The normalized spacial score (nSPS) is 20.5. The average molecular weight is 398 g/mol. The molecule has 8 nitrogen and oxygen atoms in total. The first-order chi connectivity index (χ1) is 13.6. The molecule has 1 aliphatic heterocycles. The fourth-order valence-corrected chi connectivity index (χ4v) is 4.65. The molecule has 1 amide bonds. The van der Waals surface area contributed by atoms with E-state index in [1.54, 1.807) is 17.1 Å². The van der Waals surface area contributed by atoms with Crippen LogP contribution in [0.15, 0.2) is 17.1 Å². The highest BCUT2D eigenvalue weighted by molar-refractivity contribution is 7.07. The van der Waals surface area contributed by atoms with E-state index in [2.05, 4.69) is 20.2 Å². The van der Waals surface area contributed by atoms with E-state index in [4.69, 9.17) is 15.8 Å². The van der Waals surface area contributed by atoms with Gasteiger partial charge in [0.25, 0.3) is 0 Å². The van der Waals surface area contributed by atoms with Crippen molar-refractivity contribution in [3.8, 4) is 0 Å². The van der Waals surface area contributed by atoms with Gasteiger partial charge >= 0.3 is 0 Å². The molecule has 4 rings (SSSR count).